The van der Waals surface area contributed by atoms with Crippen molar-refractivity contribution in [2.45, 2.75) is 18.9 Å². The average molecular weight is 253 g/mol. The van der Waals surface area contributed by atoms with Crippen molar-refractivity contribution in [1.29, 1.82) is 0 Å². The summed E-state index contributed by atoms with van der Waals surface area (Å²) >= 11 is -0.0166. The molecule has 0 aliphatic heterocycles. The normalized spacial score (nSPS) is 11.8. The van der Waals surface area contributed by atoms with E-state index in [-0.39, 0.29) is 24.1 Å². The summed E-state index contributed by atoms with van der Waals surface area (Å²) in [7, 11) is 1.79. The monoisotopic (exact) mass is 253 g/mol. The lowest BCUT2D eigenvalue weighted by Crippen LogP contribution is -2.09. The van der Waals surface area contributed by atoms with Crippen LogP contribution in [-0.4, -0.2) is 27.6 Å². The summed E-state index contributed by atoms with van der Waals surface area (Å²) in [6.45, 7) is 2.24. The summed E-state index contributed by atoms with van der Waals surface area (Å²) in [6.07, 6.45) is 2.53. The highest BCUT2D eigenvalue weighted by Gasteiger charge is 2.27. The molecule has 3 nitrogen and oxygen atoms in total. The van der Waals surface area contributed by atoms with Crippen molar-refractivity contribution in [3.8, 4) is 0 Å². The molecule has 1 heterocycles. The minimum absolute atomic E-state index is 0.00154. The fraction of sp³-hybridized carbons (Fsp3) is 0.667. The number of aryl methyl sites for hydroxylation is 2. The minimum atomic E-state index is -4.15. The lowest BCUT2D eigenvalue weighted by molar-refractivity contribution is -0.0327. The molecule has 1 aromatic heterocycles. The molecular weight excluding hydrogens is 239 g/mol. The number of hydrogen-bond acceptors (Lipinski definition) is 3. The summed E-state index contributed by atoms with van der Waals surface area (Å²) in [5, 5.41) is 7.14. The van der Waals surface area contributed by atoms with E-state index in [0.29, 0.717) is 0 Å². The standard InChI is InChI=1S/C9H14F3N3S/c1-3-7-8(6-15(2)14-7)13-4-5-16-9(10,11)12/h6,13H,3-5H2,1-2H3. The van der Waals surface area contributed by atoms with Crippen molar-refractivity contribution >= 4 is 17.4 Å². The van der Waals surface area contributed by atoms with Crippen LogP contribution in [0.2, 0.25) is 0 Å². The average Bonchev–Trinajstić information content (AvgIpc) is 2.52. The molecule has 0 saturated carbocycles. The summed E-state index contributed by atoms with van der Waals surface area (Å²) in [6, 6.07) is 0. The second-order valence-corrected chi connectivity index (χ2v) is 4.40. The van der Waals surface area contributed by atoms with Gasteiger partial charge in [-0.15, -0.1) is 0 Å². The molecule has 0 spiro atoms. The third-order valence-corrected chi connectivity index (χ3v) is 2.66. The fourth-order valence-corrected chi connectivity index (χ4v) is 1.73. The number of aromatic nitrogens is 2. The Labute approximate surface area is 96.4 Å². The molecule has 1 N–H and O–H groups in total. The first-order chi connectivity index (χ1) is 7.42. The van der Waals surface area contributed by atoms with Crippen LogP contribution < -0.4 is 5.32 Å². The van der Waals surface area contributed by atoms with Gasteiger partial charge in [0.05, 0.1) is 11.4 Å². The number of rotatable bonds is 5. The smallest absolute Gasteiger partial charge is 0.381 e. The predicted molar refractivity (Wildman–Crippen MR) is 59.6 cm³/mol. The lowest BCUT2D eigenvalue weighted by atomic mass is 10.3. The van der Waals surface area contributed by atoms with Crippen LogP contribution in [0.5, 0.6) is 0 Å². The van der Waals surface area contributed by atoms with Gasteiger partial charge in [-0.3, -0.25) is 4.68 Å². The van der Waals surface area contributed by atoms with Gasteiger partial charge in [-0.2, -0.15) is 18.3 Å². The van der Waals surface area contributed by atoms with Gasteiger partial charge in [0.25, 0.3) is 0 Å². The molecule has 0 aliphatic carbocycles. The number of nitrogens with zero attached hydrogens (tertiary/aromatic N) is 2. The van der Waals surface area contributed by atoms with Crippen LogP contribution >= 0.6 is 11.8 Å². The van der Waals surface area contributed by atoms with Crippen LogP contribution in [0.3, 0.4) is 0 Å². The Morgan fingerprint density at radius 2 is 2.19 bits per heavy atom. The van der Waals surface area contributed by atoms with Gasteiger partial charge in [0, 0.05) is 25.5 Å². The topological polar surface area (TPSA) is 29.9 Å². The molecule has 0 fully saturated rings. The number of anilines is 1. The van der Waals surface area contributed by atoms with Crippen molar-refractivity contribution < 1.29 is 13.2 Å². The van der Waals surface area contributed by atoms with Gasteiger partial charge < -0.3 is 5.32 Å². The zero-order valence-electron chi connectivity index (χ0n) is 9.14. The molecular formula is C9H14F3N3S. The third kappa shape index (κ3) is 4.34. The highest BCUT2D eigenvalue weighted by atomic mass is 32.2. The second kappa shape index (κ2) is 5.47. The van der Waals surface area contributed by atoms with Crippen LogP contribution in [0.4, 0.5) is 18.9 Å². The van der Waals surface area contributed by atoms with E-state index in [4.69, 9.17) is 0 Å². The summed E-state index contributed by atoms with van der Waals surface area (Å²) < 4.78 is 37.2. The van der Waals surface area contributed by atoms with Crippen molar-refractivity contribution in [2.75, 3.05) is 17.6 Å². The molecule has 0 bridgehead atoms. The maximum atomic E-state index is 11.8. The van der Waals surface area contributed by atoms with E-state index in [1.54, 1.807) is 17.9 Å². The lowest BCUT2D eigenvalue weighted by Gasteiger charge is -2.07. The zero-order chi connectivity index (χ0) is 12.2. The predicted octanol–water partition coefficient (Wildman–Crippen LogP) is 2.65. The maximum Gasteiger partial charge on any atom is 0.441 e. The highest BCUT2D eigenvalue weighted by Crippen LogP contribution is 2.29. The summed E-state index contributed by atoms with van der Waals surface area (Å²) in [5.41, 5.74) is -2.46. The maximum absolute atomic E-state index is 11.8. The molecule has 0 atom stereocenters. The molecule has 0 amide bonds. The Morgan fingerprint density at radius 1 is 1.50 bits per heavy atom. The van der Waals surface area contributed by atoms with Crippen molar-refractivity contribution in [1.82, 2.24) is 9.78 Å². The Morgan fingerprint density at radius 3 is 2.75 bits per heavy atom. The molecule has 0 saturated heterocycles. The molecule has 7 heteroatoms. The molecule has 1 rings (SSSR count). The van der Waals surface area contributed by atoms with E-state index in [1.165, 1.54) is 0 Å². The van der Waals surface area contributed by atoms with Gasteiger partial charge in [0.1, 0.15) is 0 Å². The van der Waals surface area contributed by atoms with Crippen molar-refractivity contribution in [3.63, 3.8) is 0 Å². The first kappa shape index (κ1) is 13.2. The Balaban J connectivity index is 2.37. The fourth-order valence-electron chi connectivity index (χ4n) is 1.30. The first-order valence-corrected chi connectivity index (χ1v) is 5.88. The number of alkyl halides is 3. The molecule has 16 heavy (non-hydrogen) atoms. The van der Waals surface area contributed by atoms with Crippen molar-refractivity contribution in [2.24, 2.45) is 7.05 Å². The van der Waals surface area contributed by atoms with Crippen molar-refractivity contribution in [3.05, 3.63) is 11.9 Å². The number of thioether (sulfide) groups is 1. The van der Waals surface area contributed by atoms with E-state index in [1.807, 2.05) is 6.92 Å². The number of hydrogen-bond donors (Lipinski definition) is 1. The van der Waals surface area contributed by atoms with Crippen LogP contribution in [-0.2, 0) is 13.5 Å². The SMILES string of the molecule is CCc1nn(C)cc1NCCSC(F)(F)F. The Bertz CT molecular complexity index is 335. The van der Waals surface area contributed by atoms with Gasteiger partial charge in [-0.1, -0.05) is 6.92 Å². The van der Waals surface area contributed by atoms with Gasteiger partial charge in [-0.25, -0.2) is 0 Å². The first-order valence-electron chi connectivity index (χ1n) is 4.89. The summed E-state index contributed by atoms with van der Waals surface area (Å²) in [4.78, 5) is 0. The van der Waals surface area contributed by atoms with E-state index in [2.05, 4.69) is 10.4 Å². The number of nitrogens with one attached hydrogen (secondary N) is 1. The van der Waals surface area contributed by atoms with Crippen LogP contribution in [0.25, 0.3) is 0 Å². The zero-order valence-corrected chi connectivity index (χ0v) is 9.95. The Kier molecular flexibility index (Phi) is 4.52. The van der Waals surface area contributed by atoms with Gasteiger partial charge in [0.2, 0.25) is 0 Å². The molecule has 0 aliphatic rings. The van der Waals surface area contributed by atoms with E-state index < -0.39 is 5.51 Å². The molecule has 0 radical (unpaired) electrons. The molecule has 0 aromatic carbocycles. The van der Waals surface area contributed by atoms with Crippen LogP contribution in [0.15, 0.2) is 6.20 Å². The van der Waals surface area contributed by atoms with E-state index in [0.717, 1.165) is 17.8 Å². The van der Waals surface area contributed by atoms with Crippen LogP contribution in [0.1, 0.15) is 12.6 Å². The van der Waals surface area contributed by atoms with Gasteiger partial charge in [0.15, 0.2) is 0 Å². The van der Waals surface area contributed by atoms with E-state index in [9.17, 15) is 13.2 Å². The van der Waals surface area contributed by atoms with Crippen LogP contribution in [0, 0.1) is 0 Å². The largest absolute Gasteiger partial charge is 0.441 e. The molecule has 0 unspecified atom stereocenters. The second-order valence-electron chi connectivity index (χ2n) is 3.24. The highest BCUT2D eigenvalue weighted by molar-refractivity contribution is 8.00. The third-order valence-electron chi connectivity index (χ3n) is 1.92. The van der Waals surface area contributed by atoms with E-state index >= 15 is 0 Å². The van der Waals surface area contributed by atoms with Gasteiger partial charge in [-0.05, 0) is 18.2 Å². The number of halogens is 3. The molecule has 1 aromatic rings. The Hall–Kier alpha value is -0.850. The quantitative estimate of drug-likeness (QED) is 0.818. The molecule has 92 valence electrons. The minimum Gasteiger partial charge on any atom is -0.381 e. The van der Waals surface area contributed by atoms with Gasteiger partial charge >= 0.3 is 5.51 Å². The summed E-state index contributed by atoms with van der Waals surface area (Å²) in [5.74, 6) is 0.00154.